The molecule has 5 heteroatoms. The van der Waals surface area contributed by atoms with Crippen molar-refractivity contribution in [3.8, 4) is 5.75 Å². The molecule has 0 spiro atoms. The molecule has 0 aliphatic heterocycles. The van der Waals surface area contributed by atoms with Gasteiger partial charge in [-0.05, 0) is 63.1 Å². The van der Waals surface area contributed by atoms with E-state index in [1.807, 2.05) is 32.9 Å². The van der Waals surface area contributed by atoms with Gasteiger partial charge < -0.3 is 0 Å². The Labute approximate surface area is 137 Å². The third-order valence-corrected chi connectivity index (χ3v) is 4.26. The standard InChI is InChI=1S/C18H20O4P/c1-5-21-23(20)22-16-8-6-15(7-9-16)18(19)17-13(3)10-12(2)11-14(17)4/h6-11H,5H2,1-4H3/q+1. The molecule has 4 nitrogen and oxygen atoms in total. The molecule has 0 saturated heterocycles. The van der Waals surface area contributed by atoms with Crippen molar-refractivity contribution < 1.29 is 18.4 Å². The van der Waals surface area contributed by atoms with Gasteiger partial charge >= 0.3 is 8.25 Å². The van der Waals surface area contributed by atoms with Crippen molar-refractivity contribution >= 4 is 14.0 Å². The molecular weight excluding hydrogens is 311 g/mol. The van der Waals surface area contributed by atoms with Gasteiger partial charge in [0.05, 0.1) is 0 Å². The topological polar surface area (TPSA) is 52.6 Å². The fourth-order valence-corrected chi connectivity index (χ4v) is 3.12. The van der Waals surface area contributed by atoms with Gasteiger partial charge in [-0.25, -0.2) is 4.52 Å². The maximum absolute atomic E-state index is 12.7. The zero-order valence-corrected chi connectivity index (χ0v) is 14.6. The van der Waals surface area contributed by atoms with Crippen molar-refractivity contribution in [2.75, 3.05) is 6.61 Å². The van der Waals surface area contributed by atoms with Crippen molar-refractivity contribution in [1.29, 1.82) is 0 Å². The molecule has 0 radical (unpaired) electrons. The monoisotopic (exact) mass is 331 g/mol. The molecule has 0 amide bonds. The Kier molecular flexibility index (Phi) is 5.64. The Morgan fingerprint density at radius 2 is 1.61 bits per heavy atom. The molecule has 0 aliphatic carbocycles. The second-order valence-electron chi connectivity index (χ2n) is 5.36. The van der Waals surface area contributed by atoms with Crippen LogP contribution in [-0.4, -0.2) is 12.4 Å². The number of carbonyl (C=O) groups is 1. The first-order valence-electron chi connectivity index (χ1n) is 7.43. The highest BCUT2D eigenvalue weighted by Gasteiger charge is 2.21. The first-order chi connectivity index (χ1) is 10.9. The van der Waals surface area contributed by atoms with Crippen LogP contribution in [0, 0.1) is 20.8 Å². The molecule has 2 aromatic carbocycles. The molecule has 0 bridgehead atoms. The summed E-state index contributed by atoms with van der Waals surface area (Å²) in [7, 11) is -2.17. The second-order valence-corrected chi connectivity index (χ2v) is 6.25. The minimum Gasteiger partial charge on any atom is -0.289 e. The molecule has 0 heterocycles. The SMILES string of the molecule is CCO[P+](=O)Oc1ccc(C(=O)c2c(C)cc(C)cc2C)cc1. The Balaban J connectivity index is 2.23. The van der Waals surface area contributed by atoms with E-state index in [4.69, 9.17) is 9.05 Å². The van der Waals surface area contributed by atoms with Crippen LogP contribution in [0.15, 0.2) is 36.4 Å². The van der Waals surface area contributed by atoms with Crippen LogP contribution in [0.3, 0.4) is 0 Å². The normalized spacial score (nSPS) is 11.2. The summed E-state index contributed by atoms with van der Waals surface area (Å²) in [5.41, 5.74) is 4.36. The zero-order valence-electron chi connectivity index (χ0n) is 13.8. The maximum Gasteiger partial charge on any atom is 0.750 e. The summed E-state index contributed by atoms with van der Waals surface area (Å²) in [5.74, 6) is 0.384. The Bertz CT molecular complexity index is 712. The number of ketones is 1. The average Bonchev–Trinajstić information content (AvgIpc) is 2.47. The van der Waals surface area contributed by atoms with Gasteiger partial charge in [-0.15, -0.1) is 4.52 Å². The summed E-state index contributed by atoms with van der Waals surface area (Å²) in [4.78, 5) is 12.7. The smallest absolute Gasteiger partial charge is 0.289 e. The van der Waals surface area contributed by atoms with Crippen molar-refractivity contribution in [1.82, 2.24) is 0 Å². The number of rotatable bonds is 6. The summed E-state index contributed by atoms with van der Waals surface area (Å²) in [6, 6.07) is 10.6. The molecule has 0 aliphatic rings. The van der Waals surface area contributed by atoms with E-state index in [9.17, 15) is 9.36 Å². The maximum atomic E-state index is 12.7. The summed E-state index contributed by atoms with van der Waals surface area (Å²) in [5, 5.41) is 0. The van der Waals surface area contributed by atoms with E-state index < -0.39 is 8.25 Å². The molecule has 0 aromatic heterocycles. The number of benzene rings is 2. The first-order valence-corrected chi connectivity index (χ1v) is 8.52. The van der Waals surface area contributed by atoms with Crippen LogP contribution in [0.2, 0.25) is 0 Å². The van der Waals surface area contributed by atoms with E-state index in [1.54, 1.807) is 31.2 Å². The quantitative estimate of drug-likeness (QED) is 0.557. The number of hydrogen-bond donors (Lipinski definition) is 0. The second kappa shape index (κ2) is 7.49. The molecule has 0 N–H and O–H groups in total. The molecule has 2 aromatic rings. The third-order valence-electron chi connectivity index (χ3n) is 3.44. The molecule has 0 saturated carbocycles. The minimum atomic E-state index is -2.17. The lowest BCUT2D eigenvalue weighted by atomic mass is 9.93. The van der Waals surface area contributed by atoms with Crippen LogP contribution >= 0.6 is 8.25 Å². The Hall–Kier alpha value is -2.03. The van der Waals surface area contributed by atoms with Crippen molar-refractivity contribution in [3.05, 3.63) is 64.2 Å². The fraction of sp³-hybridized carbons (Fsp3) is 0.278. The minimum absolute atomic E-state index is 0.0271. The van der Waals surface area contributed by atoms with Gasteiger partial charge in [0.15, 0.2) is 11.5 Å². The number of hydrogen-bond acceptors (Lipinski definition) is 4. The van der Waals surface area contributed by atoms with Crippen molar-refractivity contribution in [3.63, 3.8) is 0 Å². The van der Waals surface area contributed by atoms with Crippen LogP contribution in [0.5, 0.6) is 5.75 Å². The predicted octanol–water partition coefficient (Wildman–Crippen LogP) is 4.92. The molecule has 2 rings (SSSR count). The highest BCUT2D eigenvalue weighted by molar-refractivity contribution is 7.33. The third kappa shape index (κ3) is 4.25. The van der Waals surface area contributed by atoms with Crippen molar-refractivity contribution in [2.24, 2.45) is 0 Å². The van der Waals surface area contributed by atoms with Gasteiger partial charge in [0.25, 0.3) is 0 Å². The largest absolute Gasteiger partial charge is 0.750 e. The van der Waals surface area contributed by atoms with Crippen LogP contribution in [0.1, 0.15) is 39.5 Å². The van der Waals surface area contributed by atoms with E-state index >= 15 is 0 Å². The molecule has 1 atom stereocenters. The summed E-state index contributed by atoms with van der Waals surface area (Å²) < 4.78 is 21.4. The summed E-state index contributed by atoms with van der Waals surface area (Å²) in [6.07, 6.45) is 0. The van der Waals surface area contributed by atoms with Crippen LogP contribution < -0.4 is 4.52 Å². The lowest BCUT2D eigenvalue weighted by Gasteiger charge is -2.10. The van der Waals surface area contributed by atoms with Crippen LogP contribution in [-0.2, 0) is 9.09 Å². The summed E-state index contributed by atoms with van der Waals surface area (Å²) >= 11 is 0. The van der Waals surface area contributed by atoms with E-state index in [0.29, 0.717) is 17.9 Å². The molecule has 23 heavy (non-hydrogen) atoms. The van der Waals surface area contributed by atoms with E-state index in [0.717, 1.165) is 22.3 Å². The highest BCUT2D eigenvalue weighted by atomic mass is 31.1. The van der Waals surface area contributed by atoms with Gasteiger partial charge in [0.2, 0.25) is 0 Å². The zero-order chi connectivity index (χ0) is 17.0. The molecule has 120 valence electrons. The van der Waals surface area contributed by atoms with Crippen molar-refractivity contribution in [2.45, 2.75) is 27.7 Å². The van der Waals surface area contributed by atoms with Gasteiger partial charge in [-0.1, -0.05) is 17.7 Å². The highest BCUT2D eigenvalue weighted by Crippen LogP contribution is 2.28. The van der Waals surface area contributed by atoms with Crippen LogP contribution in [0.4, 0.5) is 0 Å². The lowest BCUT2D eigenvalue weighted by molar-refractivity contribution is 0.103. The Morgan fingerprint density at radius 3 is 2.13 bits per heavy atom. The number of carbonyl (C=O) groups excluding carboxylic acids is 1. The van der Waals surface area contributed by atoms with E-state index in [2.05, 4.69) is 0 Å². The number of aryl methyl sites for hydroxylation is 3. The first kappa shape index (κ1) is 17.3. The van der Waals surface area contributed by atoms with E-state index in [1.165, 1.54) is 0 Å². The predicted molar refractivity (Wildman–Crippen MR) is 90.4 cm³/mol. The molecule has 1 unspecified atom stereocenters. The molecule has 0 fully saturated rings. The van der Waals surface area contributed by atoms with Gasteiger partial charge in [0, 0.05) is 15.7 Å². The van der Waals surface area contributed by atoms with Gasteiger partial charge in [0.1, 0.15) is 6.61 Å². The van der Waals surface area contributed by atoms with Gasteiger partial charge in [-0.2, -0.15) is 0 Å². The Morgan fingerprint density at radius 1 is 1.04 bits per heavy atom. The fourth-order valence-electron chi connectivity index (χ4n) is 2.57. The average molecular weight is 331 g/mol. The van der Waals surface area contributed by atoms with Gasteiger partial charge in [-0.3, -0.25) is 4.79 Å². The summed E-state index contributed by atoms with van der Waals surface area (Å²) in [6.45, 7) is 7.96. The van der Waals surface area contributed by atoms with E-state index in [-0.39, 0.29) is 5.78 Å². The molecular formula is C18H20O4P+. The lowest BCUT2D eigenvalue weighted by Crippen LogP contribution is -2.06. The van der Waals surface area contributed by atoms with Crippen LogP contribution in [0.25, 0.3) is 0 Å².